The lowest BCUT2D eigenvalue weighted by Crippen LogP contribution is -2.28. The van der Waals surface area contributed by atoms with Crippen molar-refractivity contribution in [2.24, 2.45) is 5.10 Å². The lowest BCUT2D eigenvalue weighted by atomic mass is 10.1. The number of hydrogen-bond donors (Lipinski definition) is 2. The number of aryl methyl sites for hydroxylation is 1. The van der Waals surface area contributed by atoms with Gasteiger partial charge in [-0.3, -0.25) is 4.79 Å². The van der Waals surface area contributed by atoms with Gasteiger partial charge < -0.3 is 19.4 Å². The summed E-state index contributed by atoms with van der Waals surface area (Å²) in [4.78, 5) is 12.8. The molecule has 1 amide bonds. The van der Waals surface area contributed by atoms with Crippen molar-refractivity contribution in [1.82, 2.24) is 20.2 Å². The maximum Gasteiger partial charge on any atom is 0.253 e. The van der Waals surface area contributed by atoms with Crippen molar-refractivity contribution in [2.45, 2.75) is 44.3 Å². The minimum atomic E-state index is -0.454. The molecule has 1 unspecified atom stereocenters. The molecule has 1 heterocycles. The van der Waals surface area contributed by atoms with Crippen LogP contribution < -0.4 is 20.2 Å². The average molecular weight is 509 g/mol. The van der Waals surface area contributed by atoms with Crippen LogP contribution in [0.25, 0.3) is 0 Å². The smallest absolute Gasteiger partial charge is 0.253 e. The molecule has 3 rings (SSSR count). The van der Waals surface area contributed by atoms with Crippen molar-refractivity contribution >= 4 is 29.1 Å². The lowest BCUT2D eigenvalue weighted by molar-refractivity contribution is -0.120. The third-order valence-electron chi connectivity index (χ3n) is 5.39. The van der Waals surface area contributed by atoms with Crippen LogP contribution in [0, 0.1) is 6.92 Å². The summed E-state index contributed by atoms with van der Waals surface area (Å²) in [7, 11) is 3.17. The van der Waals surface area contributed by atoms with Crippen LogP contribution in [0.5, 0.6) is 11.5 Å². The van der Waals surface area contributed by atoms with Crippen LogP contribution in [0.1, 0.15) is 30.8 Å². The molecule has 0 aliphatic carbocycles. The SMILES string of the molecule is C=CCn1c(CNc2ccc(C)cc2)nnc1SC(C)C(=O)NN=C(C)c1ccc(OC)cc1OC. The zero-order valence-electron chi connectivity index (χ0n) is 21.2. The van der Waals surface area contributed by atoms with Gasteiger partial charge in [0.1, 0.15) is 11.5 Å². The first kappa shape index (κ1) is 26.8. The van der Waals surface area contributed by atoms with Gasteiger partial charge in [0.15, 0.2) is 11.0 Å². The van der Waals surface area contributed by atoms with Crippen LogP contribution in [-0.2, 0) is 17.9 Å². The van der Waals surface area contributed by atoms with Gasteiger partial charge in [0.25, 0.3) is 5.91 Å². The fourth-order valence-corrected chi connectivity index (χ4v) is 4.17. The topological polar surface area (TPSA) is 103 Å². The third kappa shape index (κ3) is 6.88. The van der Waals surface area contributed by atoms with Gasteiger partial charge in [-0.1, -0.05) is 35.5 Å². The van der Waals surface area contributed by atoms with Gasteiger partial charge in [-0.25, -0.2) is 5.43 Å². The number of anilines is 1. The number of allylic oxidation sites excluding steroid dienone is 1. The van der Waals surface area contributed by atoms with Gasteiger partial charge in [0.05, 0.1) is 31.7 Å². The molecule has 2 N–H and O–H groups in total. The molecule has 0 aliphatic rings. The molecule has 1 aromatic heterocycles. The molecular formula is C26H32N6O3S. The van der Waals surface area contributed by atoms with E-state index in [2.05, 4.69) is 32.6 Å². The molecule has 0 fully saturated rings. The van der Waals surface area contributed by atoms with Crippen molar-refractivity contribution < 1.29 is 14.3 Å². The Kier molecular flexibility index (Phi) is 9.52. The van der Waals surface area contributed by atoms with Crippen molar-refractivity contribution in [3.63, 3.8) is 0 Å². The van der Waals surface area contributed by atoms with Crippen molar-refractivity contribution in [1.29, 1.82) is 0 Å². The largest absolute Gasteiger partial charge is 0.497 e. The number of benzene rings is 2. The van der Waals surface area contributed by atoms with Crippen LogP contribution in [0.15, 0.2) is 65.4 Å². The Hall–Kier alpha value is -3.79. The van der Waals surface area contributed by atoms with Crippen molar-refractivity contribution in [2.75, 3.05) is 19.5 Å². The second-order valence-corrected chi connectivity index (χ2v) is 9.33. The molecule has 0 saturated heterocycles. The predicted molar refractivity (Wildman–Crippen MR) is 144 cm³/mol. The summed E-state index contributed by atoms with van der Waals surface area (Å²) >= 11 is 1.31. The molecule has 190 valence electrons. The van der Waals surface area contributed by atoms with Gasteiger partial charge in [-0.05, 0) is 45.0 Å². The predicted octanol–water partition coefficient (Wildman–Crippen LogP) is 4.42. The molecule has 0 saturated carbocycles. The number of ether oxygens (including phenoxy) is 2. The second-order valence-electron chi connectivity index (χ2n) is 8.02. The fourth-order valence-electron chi connectivity index (χ4n) is 3.30. The molecule has 2 aromatic carbocycles. The first-order valence-electron chi connectivity index (χ1n) is 11.4. The van der Waals surface area contributed by atoms with E-state index in [0.29, 0.717) is 35.5 Å². The van der Waals surface area contributed by atoms with E-state index < -0.39 is 5.25 Å². The average Bonchev–Trinajstić information content (AvgIpc) is 3.27. The number of hydrazone groups is 1. The van der Waals surface area contributed by atoms with Gasteiger partial charge in [-0.2, -0.15) is 5.10 Å². The standard InChI is InChI=1S/C26H32N6O3S/c1-7-14-32-24(16-27-20-10-8-17(2)9-11-20)29-31-26(32)36-19(4)25(33)30-28-18(3)22-13-12-21(34-5)15-23(22)35-6/h7-13,15,19,27H,1,14,16H2,2-6H3,(H,30,33). The Morgan fingerprint density at radius 3 is 2.61 bits per heavy atom. The van der Waals surface area contributed by atoms with Crippen LogP contribution in [-0.4, -0.2) is 45.9 Å². The van der Waals surface area contributed by atoms with Crippen LogP contribution >= 0.6 is 11.8 Å². The Balaban J connectivity index is 1.65. The van der Waals surface area contributed by atoms with E-state index in [-0.39, 0.29) is 5.91 Å². The molecule has 1 atom stereocenters. The summed E-state index contributed by atoms with van der Waals surface area (Å²) in [5.74, 6) is 1.79. The van der Waals surface area contributed by atoms with Gasteiger partial charge >= 0.3 is 0 Å². The third-order valence-corrected chi connectivity index (χ3v) is 6.47. The zero-order valence-corrected chi connectivity index (χ0v) is 22.1. The Bertz CT molecular complexity index is 1220. The van der Waals surface area contributed by atoms with Crippen molar-refractivity contribution in [3.05, 3.63) is 72.1 Å². The summed E-state index contributed by atoms with van der Waals surface area (Å²) in [6, 6.07) is 13.6. The lowest BCUT2D eigenvalue weighted by Gasteiger charge is -2.13. The first-order valence-corrected chi connectivity index (χ1v) is 12.3. The fraction of sp³-hybridized carbons (Fsp3) is 0.308. The molecule has 3 aromatic rings. The molecule has 10 heteroatoms. The zero-order chi connectivity index (χ0) is 26.1. The highest BCUT2D eigenvalue weighted by molar-refractivity contribution is 8.00. The van der Waals surface area contributed by atoms with E-state index >= 15 is 0 Å². The first-order chi connectivity index (χ1) is 17.4. The van der Waals surface area contributed by atoms with E-state index in [1.54, 1.807) is 40.2 Å². The number of amides is 1. The Labute approximate surface area is 216 Å². The monoisotopic (exact) mass is 508 g/mol. The number of hydrogen-bond acceptors (Lipinski definition) is 8. The molecule has 0 radical (unpaired) electrons. The summed E-state index contributed by atoms with van der Waals surface area (Å²) in [6.07, 6.45) is 1.78. The normalized spacial score (nSPS) is 12.1. The number of nitrogens with one attached hydrogen (secondary N) is 2. The summed E-state index contributed by atoms with van der Waals surface area (Å²) in [6.45, 7) is 10.5. The van der Waals surface area contributed by atoms with E-state index in [1.165, 1.54) is 17.3 Å². The highest BCUT2D eigenvalue weighted by Crippen LogP contribution is 2.26. The maximum atomic E-state index is 12.8. The van der Waals surface area contributed by atoms with E-state index in [1.807, 2.05) is 47.9 Å². The number of rotatable bonds is 12. The van der Waals surface area contributed by atoms with E-state index in [9.17, 15) is 4.79 Å². The Morgan fingerprint density at radius 1 is 1.19 bits per heavy atom. The minimum absolute atomic E-state index is 0.251. The summed E-state index contributed by atoms with van der Waals surface area (Å²) in [5, 5.41) is 16.4. The number of carbonyl (C=O) groups is 1. The van der Waals surface area contributed by atoms with Crippen LogP contribution in [0.4, 0.5) is 5.69 Å². The number of nitrogens with zero attached hydrogens (tertiary/aromatic N) is 4. The highest BCUT2D eigenvalue weighted by atomic mass is 32.2. The molecular weight excluding hydrogens is 476 g/mol. The highest BCUT2D eigenvalue weighted by Gasteiger charge is 2.20. The molecule has 0 spiro atoms. The molecule has 0 bridgehead atoms. The van der Waals surface area contributed by atoms with E-state index in [0.717, 1.165) is 17.1 Å². The summed E-state index contributed by atoms with van der Waals surface area (Å²) in [5.41, 5.74) is 6.21. The van der Waals surface area contributed by atoms with Crippen LogP contribution in [0.3, 0.4) is 0 Å². The van der Waals surface area contributed by atoms with E-state index in [4.69, 9.17) is 9.47 Å². The van der Waals surface area contributed by atoms with Crippen molar-refractivity contribution in [3.8, 4) is 11.5 Å². The Morgan fingerprint density at radius 2 is 1.94 bits per heavy atom. The number of carbonyl (C=O) groups excluding carboxylic acids is 1. The van der Waals surface area contributed by atoms with Gasteiger partial charge in [0.2, 0.25) is 0 Å². The number of thioether (sulfide) groups is 1. The minimum Gasteiger partial charge on any atom is -0.497 e. The molecule has 0 aliphatic heterocycles. The molecule has 9 nitrogen and oxygen atoms in total. The maximum absolute atomic E-state index is 12.8. The van der Waals surface area contributed by atoms with Crippen LogP contribution in [0.2, 0.25) is 0 Å². The summed E-state index contributed by atoms with van der Waals surface area (Å²) < 4.78 is 12.6. The van der Waals surface area contributed by atoms with Gasteiger partial charge in [0, 0.05) is 23.9 Å². The molecule has 36 heavy (non-hydrogen) atoms. The quantitative estimate of drug-likeness (QED) is 0.162. The number of aromatic nitrogens is 3. The second kappa shape index (κ2) is 12.8. The van der Waals surface area contributed by atoms with Gasteiger partial charge in [-0.15, -0.1) is 16.8 Å². The number of methoxy groups -OCH3 is 2.